The molecule has 0 amide bonds. The third kappa shape index (κ3) is 2.96. The zero-order valence-electron chi connectivity index (χ0n) is 7.59. The molecule has 1 rings (SSSR count). The molecule has 0 aliphatic carbocycles. The molecule has 0 spiro atoms. The van der Waals surface area contributed by atoms with E-state index in [1.165, 1.54) is 6.20 Å². The van der Waals surface area contributed by atoms with Crippen molar-refractivity contribution in [1.82, 2.24) is 4.98 Å². The van der Waals surface area contributed by atoms with Gasteiger partial charge in [0.2, 0.25) is 0 Å². The van der Waals surface area contributed by atoms with Gasteiger partial charge in [0.15, 0.2) is 0 Å². The molecule has 0 N–H and O–H groups in total. The molecule has 0 fully saturated rings. The molecule has 76 valence electrons. The van der Waals surface area contributed by atoms with Crippen LogP contribution in [-0.2, 0) is 16.0 Å². The molecule has 0 aromatic carbocycles. The highest BCUT2D eigenvalue weighted by Gasteiger charge is 2.09. The number of carbonyl (C=O) groups excluding carboxylic acids is 1. The first kappa shape index (κ1) is 11.5. The molecule has 0 saturated heterocycles. The lowest BCUT2D eigenvalue weighted by atomic mass is 10.2. The minimum absolute atomic E-state index is 0.183. The Morgan fingerprint density at radius 3 is 3.00 bits per heavy atom. The van der Waals surface area contributed by atoms with E-state index < -0.39 is 0 Å². The average Bonchev–Trinajstić information content (AvgIpc) is 2.13. The van der Waals surface area contributed by atoms with E-state index in [4.69, 9.17) is 16.3 Å². The summed E-state index contributed by atoms with van der Waals surface area (Å²) in [6, 6.07) is 0. The first-order chi connectivity index (χ1) is 6.65. The number of pyridine rings is 1. The van der Waals surface area contributed by atoms with Gasteiger partial charge in [-0.3, -0.25) is 9.78 Å². The van der Waals surface area contributed by atoms with E-state index in [0.29, 0.717) is 16.1 Å². The monoisotopic (exact) mass is 277 g/mol. The molecule has 1 aromatic heterocycles. The van der Waals surface area contributed by atoms with E-state index in [1.807, 2.05) is 0 Å². The summed E-state index contributed by atoms with van der Waals surface area (Å²) in [5, 5.41) is 0.492. The molecule has 0 atom stereocenters. The number of hydrogen-bond acceptors (Lipinski definition) is 3. The van der Waals surface area contributed by atoms with E-state index in [-0.39, 0.29) is 12.4 Å². The molecule has 1 aromatic rings. The van der Waals surface area contributed by atoms with Gasteiger partial charge in [-0.25, -0.2) is 0 Å². The van der Waals surface area contributed by atoms with Crippen molar-refractivity contribution in [3.8, 4) is 0 Å². The van der Waals surface area contributed by atoms with Gasteiger partial charge in [0.1, 0.15) is 0 Å². The van der Waals surface area contributed by atoms with Crippen molar-refractivity contribution >= 4 is 33.5 Å². The van der Waals surface area contributed by atoms with Crippen LogP contribution in [0.5, 0.6) is 0 Å². The number of hydrogen-bond donors (Lipinski definition) is 0. The van der Waals surface area contributed by atoms with Crippen LogP contribution in [0.4, 0.5) is 0 Å². The molecule has 5 heteroatoms. The van der Waals surface area contributed by atoms with Crippen molar-refractivity contribution in [1.29, 1.82) is 0 Å². The zero-order valence-corrected chi connectivity index (χ0v) is 9.93. The highest BCUT2D eigenvalue weighted by Crippen LogP contribution is 2.25. The Morgan fingerprint density at radius 2 is 2.36 bits per heavy atom. The smallest absolute Gasteiger partial charge is 0.310 e. The SMILES string of the molecule is CCOC(=O)Cc1cncc(Cl)c1Br. The van der Waals surface area contributed by atoms with Crippen molar-refractivity contribution in [2.75, 3.05) is 6.61 Å². The molecular weight excluding hydrogens is 269 g/mol. The summed E-state index contributed by atoms with van der Waals surface area (Å²) in [4.78, 5) is 15.1. The van der Waals surface area contributed by atoms with Crippen molar-refractivity contribution in [3.05, 3.63) is 27.5 Å². The third-order valence-corrected chi connectivity index (χ3v) is 3.00. The fourth-order valence-electron chi connectivity index (χ4n) is 0.950. The van der Waals surface area contributed by atoms with E-state index in [1.54, 1.807) is 13.1 Å². The van der Waals surface area contributed by atoms with Gasteiger partial charge in [0.05, 0.1) is 18.1 Å². The maximum absolute atomic E-state index is 11.2. The number of halogens is 2. The first-order valence-corrected chi connectivity index (χ1v) is 5.25. The molecule has 0 saturated carbocycles. The van der Waals surface area contributed by atoms with Gasteiger partial charge in [0.25, 0.3) is 0 Å². The van der Waals surface area contributed by atoms with Gasteiger partial charge in [-0.2, -0.15) is 0 Å². The van der Waals surface area contributed by atoms with E-state index >= 15 is 0 Å². The molecule has 3 nitrogen and oxygen atoms in total. The minimum atomic E-state index is -0.280. The highest BCUT2D eigenvalue weighted by atomic mass is 79.9. The van der Waals surface area contributed by atoms with Crippen molar-refractivity contribution in [2.24, 2.45) is 0 Å². The van der Waals surface area contributed by atoms with Gasteiger partial charge in [-0.15, -0.1) is 0 Å². The molecule has 1 heterocycles. The second-order valence-electron chi connectivity index (χ2n) is 2.58. The normalized spacial score (nSPS) is 9.93. The topological polar surface area (TPSA) is 39.2 Å². The number of aromatic nitrogens is 1. The predicted octanol–water partition coefficient (Wildman–Crippen LogP) is 2.60. The standard InChI is InChI=1S/C9H9BrClNO2/c1-2-14-8(13)3-6-4-12-5-7(11)9(6)10/h4-5H,2-3H2,1H3. The fourth-order valence-corrected chi connectivity index (χ4v) is 1.47. The van der Waals surface area contributed by atoms with Crippen LogP contribution in [0.15, 0.2) is 16.9 Å². The Hall–Kier alpha value is -0.610. The van der Waals surface area contributed by atoms with Crippen LogP contribution in [0.25, 0.3) is 0 Å². The summed E-state index contributed by atoms with van der Waals surface area (Å²) in [6.45, 7) is 2.15. The van der Waals surface area contributed by atoms with Crippen LogP contribution in [0, 0.1) is 0 Å². The summed E-state index contributed by atoms with van der Waals surface area (Å²) in [5.74, 6) is -0.280. The van der Waals surface area contributed by atoms with Crippen LogP contribution < -0.4 is 0 Å². The Kier molecular flexibility index (Phi) is 4.35. The molecule has 14 heavy (non-hydrogen) atoms. The zero-order chi connectivity index (χ0) is 10.6. The summed E-state index contributed by atoms with van der Waals surface area (Å²) < 4.78 is 5.51. The van der Waals surface area contributed by atoms with E-state index in [0.717, 1.165) is 5.56 Å². The fraction of sp³-hybridized carbons (Fsp3) is 0.333. The number of nitrogens with zero attached hydrogens (tertiary/aromatic N) is 1. The van der Waals surface area contributed by atoms with Crippen LogP contribution in [0.1, 0.15) is 12.5 Å². The van der Waals surface area contributed by atoms with Crippen LogP contribution in [0.3, 0.4) is 0 Å². The molecular formula is C9H9BrClNO2. The number of rotatable bonds is 3. The lowest BCUT2D eigenvalue weighted by Gasteiger charge is -2.04. The van der Waals surface area contributed by atoms with Crippen molar-refractivity contribution < 1.29 is 9.53 Å². The van der Waals surface area contributed by atoms with Crippen LogP contribution >= 0.6 is 27.5 Å². The Balaban J connectivity index is 2.76. The van der Waals surface area contributed by atoms with Gasteiger partial charge in [-0.1, -0.05) is 11.6 Å². The summed E-state index contributed by atoms with van der Waals surface area (Å²) in [6.07, 6.45) is 3.29. The highest BCUT2D eigenvalue weighted by molar-refractivity contribution is 9.10. The quantitative estimate of drug-likeness (QED) is 0.798. The number of carbonyl (C=O) groups is 1. The number of ether oxygens (including phenoxy) is 1. The van der Waals surface area contributed by atoms with Gasteiger partial charge < -0.3 is 4.74 Å². The Bertz CT molecular complexity index is 344. The summed E-state index contributed by atoms with van der Waals surface area (Å²) >= 11 is 9.09. The lowest BCUT2D eigenvalue weighted by Crippen LogP contribution is -2.08. The summed E-state index contributed by atoms with van der Waals surface area (Å²) in [5.41, 5.74) is 0.732. The van der Waals surface area contributed by atoms with Crippen molar-refractivity contribution in [2.45, 2.75) is 13.3 Å². The maximum Gasteiger partial charge on any atom is 0.310 e. The van der Waals surface area contributed by atoms with Gasteiger partial charge in [-0.05, 0) is 28.4 Å². The van der Waals surface area contributed by atoms with Gasteiger partial charge in [0, 0.05) is 16.9 Å². The molecule has 0 radical (unpaired) electrons. The molecule has 0 aliphatic rings. The summed E-state index contributed by atoms with van der Waals surface area (Å²) in [7, 11) is 0. The second kappa shape index (κ2) is 5.32. The molecule has 0 bridgehead atoms. The van der Waals surface area contributed by atoms with E-state index in [9.17, 15) is 4.79 Å². The van der Waals surface area contributed by atoms with Crippen molar-refractivity contribution in [3.63, 3.8) is 0 Å². The number of esters is 1. The molecule has 0 aliphatic heterocycles. The lowest BCUT2D eigenvalue weighted by molar-refractivity contribution is -0.142. The minimum Gasteiger partial charge on any atom is -0.466 e. The predicted molar refractivity (Wildman–Crippen MR) is 57.3 cm³/mol. The third-order valence-electron chi connectivity index (χ3n) is 1.55. The Morgan fingerprint density at radius 1 is 1.64 bits per heavy atom. The Labute approximate surface area is 95.6 Å². The largest absolute Gasteiger partial charge is 0.466 e. The first-order valence-electron chi connectivity index (χ1n) is 4.08. The van der Waals surface area contributed by atoms with E-state index in [2.05, 4.69) is 20.9 Å². The average molecular weight is 279 g/mol. The van der Waals surface area contributed by atoms with Crippen LogP contribution in [0.2, 0.25) is 5.02 Å². The van der Waals surface area contributed by atoms with Crippen LogP contribution in [-0.4, -0.2) is 17.6 Å². The van der Waals surface area contributed by atoms with Gasteiger partial charge >= 0.3 is 5.97 Å². The second-order valence-corrected chi connectivity index (χ2v) is 3.78. The molecule has 0 unspecified atom stereocenters. The maximum atomic E-state index is 11.2.